The molecule has 0 bridgehead atoms. The number of aromatic nitrogens is 3. The van der Waals surface area contributed by atoms with Crippen LogP contribution in [-0.4, -0.2) is 27.6 Å². The molecule has 120 valence electrons. The van der Waals surface area contributed by atoms with Gasteiger partial charge in [0, 0.05) is 11.9 Å². The SMILES string of the molecule is COC(=O)C1=C(C)Nc2nc3ccccc3n2[C@@H]1c1ccccn1. The number of carbonyl (C=O) groups is 1. The van der Waals surface area contributed by atoms with Crippen molar-refractivity contribution in [3.8, 4) is 0 Å². The van der Waals surface area contributed by atoms with E-state index in [9.17, 15) is 4.79 Å². The number of pyridine rings is 1. The van der Waals surface area contributed by atoms with Crippen LogP contribution in [-0.2, 0) is 9.53 Å². The average Bonchev–Trinajstić information content (AvgIpc) is 2.98. The zero-order chi connectivity index (χ0) is 16.7. The van der Waals surface area contributed by atoms with Gasteiger partial charge in [0.1, 0.15) is 6.04 Å². The number of ether oxygens (including phenoxy) is 1. The first-order chi connectivity index (χ1) is 11.7. The number of imidazole rings is 1. The Labute approximate surface area is 138 Å². The molecule has 1 aliphatic heterocycles. The molecule has 6 nitrogen and oxygen atoms in total. The van der Waals surface area contributed by atoms with Crippen LogP contribution in [0.1, 0.15) is 18.7 Å². The highest BCUT2D eigenvalue weighted by atomic mass is 16.5. The van der Waals surface area contributed by atoms with E-state index in [-0.39, 0.29) is 12.0 Å². The van der Waals surface area contributed by atoms with Crippen LogP contribution in [0.5, 0.6) is 0 Å². The number of nitrogens with one attached hydrogen (secondary N) is 1. The maximum Gasteiger partial charge on any atom is 0.338 e. The van der Waals surface area contributed by atoms with E-state index in [1.807, 2.05) is 54.0 Å². The maximum atomic E-state index is 12.4. The summed E-state index contributed by atoms with van der Waals surface area (Å²) in [4.78, 5) is 21.6. The Morgan fingerprint density at radius 1 is 1.21 bits per heavy atom. The number of esters is 1. The molecule has 0 radical (unpaired) electrons. The number of allylic oxidation sites excluding steroid dienone is 1. The van der Waals surface area contributed by atoms with Crippen LogP contribution in [0.15, 0.2) is 59.9 Å². The number of hydrogen-bond acceptors (Lipinski definition) is 5. The molecule has 1 N–H and O–H groups in total. The quantitative estimate of drug-likeness (QED) is 0.735. The van der Waals surface area contributed by atoms with Crippen LogP contribution in [0.2, 0.25) is 0 Å². The minimum Gasteiger partial charge on any atom is -0.466 e. The Morgan fingerprint density at radius 3 is 2.75 bits per heavy atom. The summed E-state index contributed by atoms with van der Waals surface area (Å²) in [7, 11) is 1.39. The van der Waals surface area contributed by atoms with Gasteiger partial charge in [0.15, 0.2) is 0 Å². The Hall–Kier alpha value is -3.15. The van der Waals surface area contributed by atoms with Gasteiger partial charge in [-0.2, -0.15) is 0 Å². The minimum absolute atomic E-state index is 0.376. The van der Waals surface area contributed by atoms with Gasteiger partial charge in [0.25, 0.3) is 0 Å². The van der Waals surface area contributed by atoms with Crippen molar-refractivity contribution in [2.45, 2.75) is 13.0 Å². The molecule has 0 amide bonds. The highest BCUT2D eigenvalue weighted by Gasteiger charge is 2.35. The van der Waals surface area contributed by atoms with Gasteiger partial charge in [-0.05, 0) is 31.2 Å². The first kappa shape index (κ1) is 14.4. The molecular formula is C18H16N4O2. The predicted octanol–water partition coefficient (Wildman–Crippen LogP) is 2.89. The molecule has 0 fully saturated rings. The highest BCUT2D eigenvalue weighted by Crippen LogP contribution is 2.38. The Kier molecular flexibility index (Phi) is 3.30. The Bertz CT molecular complexity index is 960. The fourth-order valence-corrected chi connectivity index (χ4v) is 3.16. The van der Waals surface area contributed by atoms with Crippen molar-refractivity contribution in [1.82, 2.24) is 14.5 Å². The molecular weight excluding hydrogens is 304 g/mol. The first-order valence-electron chi connectivity index (χ1n) is 7.64. The van der Waals surface area contributed by atoms with Crippen molar-refractivity contribution in [1.29, 1.82) is 0 Å². The lowest BCUT2D eigenvalue weighted by atomic mass is 9.99. The molecule has 0 aliphatic carbocycles. The van der Waals surface area contributed by atoms with Gasteiger partial charge >= 0.3 is 5.97 Å². The van der Waals surface area contributed by atoms with E-state index in [1.54, 1.807) is 6.20 Å². The number of fused-ring (bicyclic) bond motifs is 3. The zero-order valence-corrected chi connectivity index (χ0v) is 13.4. The van der Waals surface area contributed by atoms with Crippen LogP contribution < -0.4 is 5.32 Å². The van der Waals surface area contributed by atoms with Crippen LogP contribution in [0, 0.1) is 0 Å². The molecule has 6 heteroatoms. The van der Waals surface area contributed by atoms with Gasteiger partial charge < -0.3 is 10.1 Å². The average molecular weight is 320 g/mol. The van der Waals surface area contributed by atoms with E-state index in [0.29, 0.717) is 11.5 Å². The number of para-hydroxylation sites is 2. The van der Waals surface area contributed by atoms with Crippen LogP contribution in [0.3, 0.4) is 0 Å². The molecule has 0 saturated carbocycles. The lowest BCUT2D eigenvalue weighted by Crippen LogP contribution is -2.29. The molecule has 1 atom stereocenters. The Morgan fingerprint density at radius 2 is 2.00 bits per heavy atom. The number of methoxy groups -OCH3 is 1. The molecule has 1 aliphatic rings. The number of rotatable bonds is 2. The number of benzene rings is 1. The third kappa shape index (κ3) is 2.07. The second-order valence-electron chi connectivity index (χ2n) is 5.61. The predicted molar refractivity (Wildman–Crippen MR) is 90.4 cm³/mol. The third-order valence-electron chi connectivity index (χ3n) is 4.20. The largest absolute Gasteiger partial charge is 0.466 e. The van der Waals surface area contributed by atoms with Crippen molar-refractivity contribution in [2.24, 2.45) is 0 Å². The monoisotopic (exact) mass is 320 g/mol. The summed E-state index contributed by atoms with van der Waals surface area (Å²) in [6, 6.07) is 13.1. The number of carbonyl (C=O) groups excluding carboxylic acids is 1. The molecule has 3 heterocycles. The first-order valence-corrected chi connectivity index (χ1v) is 7.64. The van der Waals surface area contributed by atoms with E-state index < -0.39 is 0 Å². The molecule has 1 aromatic carbocycles. The molecule has 0 unspecified atom stereocenters. The summed E-state index contributed by atoms with van der Waals surface area (Å²) < 4.78 is 7.01. The fourth-order valence-electron chi connectivity index (χ4n) is 3.16. The fraction of sp³-hybridized carbons (Fsp3) is 0.167. The van der Waals surface area contributed by atoms with Crippen LogP contribution in [0.25, 0.3) is 11.0 Å². The van der Waals surface area contributed by atoms with Crippen molar-refractivity contribution in [3.05, 3.63) is 65.6 Å². The highest BCUT2D eigenvalue weighted by molar-refractivity contribution is 5.93. The van der Waals surface area contributed by atoms with Gasteiger partial charge in [-0.15, -0.1) is 0 Å². The van der Waals surface area contributed by atoms with E-state index in [0.717, 1.165) is 22.4 Å². The van der Waals surface area contributed by atoms with Crippen molar-refractivity contribution in [2.75, 3.05) is 12.4 Å². The molecule has 3 aromatic rings. The van der Waals surface area contributed by atoms with E-state index in [4.69, 9.17) is 4.74 Å². The van der Waals surface area contributed by atoms with Crippen LogP contribution >= 0.6 is 0 Å². The van der Waals surface area contributed by atoms with Gasteiger partial charge in [-0.1, -0.05) is 18.2 Å². The smallest absolute Gasteiger partial charge is 0.338 e. The summed E-state index contributed by atoms with van der Waals surface area (Å²) in [5.41, 5.74) is 3.82. The summed E-state index contributed by atoms with van der Waals surface area (Å²) >= 11 is 0. The number of nitrogens with zero attached hydrogens (tertiary/aromatic N) is 3. The summed E-state index contributed by atoms with van der Waals surface area (Å²) in [6.07, 6.45) is 1.72. The summed E-state index contributed by atoms with van der Waals surface area (Å²) in [5.74, 6) is 0.316. The number of anilines is 1. The Balaban J connectivity index is 2.02. The van der Waals surface area contributed by atoms with Gasteiger partial charge in [0.05, 0.1) is 29.4 Å². The number of hydrogen-bond donors (Lipinski definition) is 1. The lowest BCUT2D eigenvalue weighted by Gasteiger charge is -2.29. The topological polar surface area (TPSA) is 69.0 Å². The standard InChI is InChI=1S/C18H16N4O2/c1-11-15(17(23)24-2)16(13-8-5-6-10-19-13)22-14-9-4-3-7-12(14)21-18(22)20-11/h3-10,16H,1-2H3,(H,20,21)/t16-/m1/s1. The van der Waals surface area contributed by atoms with Gasteiger partial charge in [-0.25, -0.2) is 9.78 Å². The lowest BCUT2D eigenvalue weighted by molar-refractivity contribution is -0.136. The van der Waals surface area contributed by atoms with Gasteiger partial charge in [-0.3, -0.25) is 9.55 Å². The summed E-state index contributed by atoms with van der Waals surface area (Å²) in [5, 5.41) is 3.22. The van der Waals surface area contributed by atoms with Crippen molar-refractivity contribution >= 4 is 23.0 Å². The van der Waals surface area contributed by atoms with E-state index in [1.165, 1.54) is 7.11 Å². The van der Waals surface area contributed by atoms with Crippen LogP contribution in [0.4, 0.5) is 5.95 Å². The normalized spacial score (nSPS) is 16.7. The summed E-state index contributed by atoms with van der Waals surface area (Å²) in [6.45, 7) is 1.85. The second kappa shape index (κ2) is 5.49. The van der Waals surface area contributed by atoms with E-state index in [2.05, 4.69) is 15.3 Å². The van der Waals surface area contributed by atoms with Crippen molar-refractivity contribution < 1.29 is 9.53 Å². The molecule has 0 saturated heterocycles. The van der Waals surface area contributed by atoms with E-state index >= 15 is 0 Å². The van der Waals surface area contributed by atoms with Crippen molar-refractivity contribution in [3.63, 3.8) is 0 Å². The molecule has 24 heavy (non-hydrogen) atoms. The van der Waals surface area contributed by atoms with Gasteiger partial charge in [0.2, 0.25) is 5.95 Å². The molecule has 4 rings (SSSR count). The molecule has 0 spiro atoms. The maximum absolute atomic E-state index is 12.4. The zero-order valence-electron chi connectivity index (χ0n) is 13.4. The minimum atomic E-state index is -0.387. The second-order valence-corrected chi connectivity index (χ2v) is 5.61. The molecule has 2 aromatic heterocycles. The third-order valence-corrected chi connectivity index (χ3v) is 4.20.